The summed E-state index contributed by atoms with van der Waals surface area (Å²) in [5, 5.41) is 23.2. The highest BCUT2D eigenvalue weighted by atomic mass is 32.2. The summed E-state index contributed by atoms with van der Waals surface area (Å²) in [7, 11) is 0. The maximum absolute atomic E-state index is 11.4. The van der Waals surface area contributed by atoms with Crippen molar-refractivity contribution < 1.29 is 19.2 Å². The van der Waals surface area contributed by atoms with E-state index in [0.29, 0.717) is 22.6 Å². The van der Waals surface area contributed by atoms with Crippen molar-refractivity contribution in [3.05, 3.63) is 51.8 Å². The van der Waals surface area contributed by atoms with Crippen molar-refractivity contribution in [2.24, 2.45) is 0 Å². The zero-order valence-electron chi connectivity index (χ0n) is 14.0. The van der Waals surface area contributed by atoms with Gasteiger partial charge in [-0.3, -0.25) is 20.2 Å². The van der Waals surface area contributed by atoms with Gasteiger partial charge in [0.2, 0.25) is 0 Å². The lowest BCUT2D eigenvalue weighted by Gasteiger charge is -2.20. The zero-order valence-corrected chi connectivity index (χ0v) is 14.8. The van der Waals surface area contributed by atoms with Gasteiger partial charge in [-0.1, -0.05) is 12.1 Å². The number of furan rings is 1. The normalized spacial score (nSPS) is 22.0. The number of hydrogen-bond donors (Lipinski definition) is 2. The Morgan fingerprint density at radius 1 is 1.36 bits per heavy atom. The Morgan fingerprint density at radius 2 is 2.08 bits per heavy atom. The number of nitrogens with zero attached hydrogens (tertiary/aromatic N) is 1. The van der Waals surface area contributed by atoms with Crippen LogP contribution in [0.2, 0.25) is 0 Å². The summed E-state index contributed by atoms with van der Waals surface area (Å²) in [5.41, 5.74) is 1.23. The van der Waals surface area contributed by atoms with Gasteiger partial charge >= 0.3 is 5.97 Å². The van der Waals surface area contributed by atoms with Crippen LogP contribution in [0, 0.1) is 17.0 Å². The second-order valence-corrected chi connectivity index (χ2v) is 8.26. The molecule has 0 bridgehead atoms. The Balaban J connectivity index is 1.88. The number of nitro groups is 1. The highest BCUT2D eigenvalue weighted by Gasteiger charge is 2.46. The molecule has 1 saturated heterocycles. The molecule has 2 aromatic rings. The van der Waals surface area contributed by atoms with E-state index in [9.17, 15) is 20.0 Å². The summed E-state index contributed by atoms with van der Waals surface area (Å²) in [6, 6.07) is 7.76. The highest BCUT2D eigenvalue weighted by Crippen LogP contribution is 2.46. The molecule has 0 spiro atoms. The number of aryl methyl sites for hydroxylation is 1. The maximum Gasteiger partial charge on any atom is 0.322 e. The maximum atomic E-state index is 11.4. The van der Waals surface area contributed by atoms with Gasteiger partial charge in [-0.2, -0.15) is 0 Å². The summed E-state index contributed by atoms with van der Waals surface area (Å²) < 4.78 is 5.37. The molecule has 2 heterocycles. The molecule has 0 amide bonds. The average molecular weight is 362 g/mol. The van der Waals surface area contributed by atoms with Crippen LogP contribution in [0.3, 0.4) is 0 Å². The molecule has 8 heteroatoms. The predicted octanol–water partition coefficient (Wildman–Crippen LogP) is 3.73. The minimum atomic E-state index is -0.902. The first-order chi connectivity index (χ1) is 11.7. The monoisotopic (exact) mass is 362 g/mol. The molecule has 25 heavy (non-hydrogen) atoms. The minimum absolute atomic E-state index is 0.0379. The molecule has 132 valence electrons. The fraction of sp³-hybridized carbons (Fsp3) is 0.353. The van der Waals surface area contributed by atoms with Crippen molar-refractivity contribution in [1.82, 2.24) is 5.32 Å². The first kappa shape index (κ1) is 17.5. The van der Waals surface area contributed by atoms with Crippen LogP contribution < -0.4 is 5.32 Å². The SMILES string of the molecule is Cc1ccc(-c2ccc(C3NC(C(=O)O)C(C)(C)S3)o2)cc1[N+](=O)[O-]. The number of hydrogen-bond acceptors (Lipinski definition) is 6. The van der Waals surface area contributed by atoms with Crippen LogP contribution in [0.25, 0.3) is 11.3 Å². The van der Waals surface area contributed by atoms with E-state index in [4.69, 9.17) is 4.42 Å². The largest absolute Gasteiger partial charge is 0.480 e. The van der Waals surface area contributed by atoms with E-state index in [1.54, 1.807) is 31.2 Å². The van der Waals surface area contributed by atoms with E-state index in [1.807, 2.05) is 13.8 Å². The van der Waals surface area contributed by atoms with Crippen molar-refractivity contribution in [1.29, 1.82) is 0 Å². The van der Waals surface area contributed by atoms with Crippen molar-refractivity contribution in [3.63, 3.8) is 0 Å². The Morgan fingerprint density at radius 3 is 2.68 bits per heavy atom. The summed E-state index contributed by atoms with van der Waals surface area (Å²) in [6.07, 6.45) is 0. The van der Waals surface area contributed by atoms with E-state index in [1.165, 1.54) is 17.8 Å². The number of nitrogens with one attached hydrogen (secondary N) is 1. The Kier molecular flexibility index (Phi) is 4.34. The molecule has 7 nitrogen and oxygen atoms in total. The minimum Gasteiger partial charge on any atom is -0.480 e. The number of thioether (sulfide) groups is 1. The van der Waals surface area contributed by atoms with Crippen molar-refractivity contribution in [2.75, 3.05) is 0 Å². The van der Waals surface area contributed by atoms with E-state index >= 15 is 0 Å². The standard InChI is InChI=1S/C17H18N2O5S/c1-9-4-5-10(8-11(9)19(22)23)12-6-7-13(24-12)15-18-14(16(20)21)17(2,3)25-15/h4-8,14-15,18H,1-3H3,(H,20,21). The van der Waals surface area contributed by atoms with E-state index in [0.717, 1.165) is 0 Å². The van der Waals surface area contributed by atoms with E-state index < -0.39 is 21.7 Å². The molecule has 2 atom stereocenters. The lowest BCUT2D eigenvalue weighted by Crippen LogP contribution is -2.43. The fourth-order valence-corrected chi connectivity index (χ4v) is 4.23. The molecule has 1 fully saturated rings. The molecule has 0 aliphatic carbocycles. The van der Waals surface area contributed by atoms with Crippen LogP contribution in [0.1, 0.15) is 30.5 Å². The van der Waals surface area contributed by atoms with Gasteiger partial charge in [0.25, 0.3) is 5.69 Å². The van der Waals surface area contributed by atoms with Gasteiger partial charge in [0, 0.05) is 21.9 Å². The van der Waals surface area contributed by atoms with Crippen molar-refractivity contribution in [3.8, 4) is 11.3 Å². The number of carboxylic acids is 1. The Hall–Kier alpha value is -2.32. The second kappa shape index (κ2) is 6.20. The molecule has 1 aromatic carbocycles. The Labute approximate surface area is 148 Å². The second-order valence-electron chi connectivity index (χ2n) is 6.50. The van der Waals surface area contributed by atoms with Crippen LogP contribution in [0.4, 0.5) is 5.69 Å². The topological polar surface area (TPSA) is 106 Å². The number of aliphatic carboxylic acids is 1. The molecule has 1 aliphatic rings. The molecular weight excluding hydrogens is 344 g/mol. The number of benzene rings is 1. The van der Waals surface area contributed by atoms with Crippen molar-refractivity contribution >= 4 is 23.4 Å². The van der Waals surface area contributed by atoms with Crippen LogP contribution in [0.15, 0.2) is 34.7 Å². The van der Waals surface area contributed by atoms with E-state index in [-0.39, 0.29) is 11.1 Å². The van der Waals surface area contributed by atoms with Gasteiger partial charge in [-0.15, -0.1) is 11.8 Å². The number of nitro benzene ring substituents is 1. The zero-order chi connectivity index (χ0) is 18.4. The third-order valence-corrected chi connectivity index (χ3v) is 5.70. The number of carbonyl (C=O) groups is 1. The molecule has 2 N–H and O–H groups in total. The van der Waals surface area contributed by atoms with Gasteiger partial charge in [0.15, 0.2) is 0 Å². The number of carboxylic acid groups (broad SMARTS) is 1. The molecule has 1 aliphatic heterocycles. The van der Waals surface area contributed by atoms with E-state index in [2.05, 4.69) is 5.32 Å². The highest BCUT2D eigenvalue weighted by molar-refractivity contribution is 8.01. The average Bonchev–Trinajstić information content (AvgIpc) is 3.11. The van der Waals surface area contributed by atoms with Gasteiger partial charge in [-0.25, -0.2) is 0 Å². The first-order valence-electron chi connectivity index (χ1n) is 7.71. The summed E-state index contributed by atoms with van der Waals surface area (Å²) >= 11 is 1.48. The van der Waals surface area contributed by atoms with Gasteiger partial charge < -0.3 is 9.52 Å². The Bertz CT molecular complexity index is 845. The number of rotatable bonds is 4. The van der Waals surface area contributed by atoms with Crippen LogP contribution in [0.5, 0.6) is 0 Å². The van der Waals surface area contributed by atoms with Crippen LogP contribution >= 0.6 is 11.8 Å². The molecule has 1 aromatic heterocycles. The van der Waals surface area contributed by atoms with Crippen molar-refractivity contribution in [2.45, 2.75) is 36.9 Å². The molecule has 2 unspecified atom stereocenters. The predicted molar refractivity (Wildman–Crippen MR) is 94.5 cm³/mol. The molecule has 0 radical (unpaired) electrons. The van der Waals surface area contributed by atoms with Gasteiger partial charge in [-0.05, 0) is 32.9 Å². The quantitative estimate of drug-likeness (QED) is 0.630. The van der Waals surface area contributed by atoms with Gasteiger partial charge in [0.1, 0.15) is 22.9 Å². The first-order valence-corrected chi connectivity index (χ1v) is 8.59. The third kappa shape index (κ3) is 3.27. The molecule has 3 rings (SSSR count). The smallest absolute Gasteiger partial charge is 0.322 e. The lowest BCUT2D eigenvalue weighted by molar-refractivity contribution is -0.385. The summed E-state index contributed by atoms with van der Waals surface area (Å²) in [4.78, 5) is 22.1. The fourth-order valence-electron chi connectivity index (χ4n) is 2.87. The van der Waals surface area contributed by atoms with Gasteiger partial charge in [0.05, 0.1) is 4.92 Å². The van der Waals surface area contributed by atoms with Crippen LogP contribution in [-0.4, -0.2) is 26.8 Å². The summed E-state index contributed by atoms with van der Waals surface area (Å²) in [5.74, 6) is 0.207. The summed E-state index contributed by atoms with van der Waals surface area (Å²) in [6.45, 7) is 5.43. The molecular formula is C17H18N2O5S. The van der Waals surface area contributed by atoms with Crippen LogP contribution in [-0.2, 0) is 4.79 Å². The lowest BCUT2D eigenvalue weighted by atomic mass is 10.0. The molecule has 0 saturated carbocycles. The third-order valence-electron chi connectivity index (χ3n) is 4.26.